The van der Waals surface area contributed by atoms with Crippen molar-refractivity contribution in [2.24, 2.45) is 0 Å². The average Bonchev–Trinajstić information content (AvgIpc) is 3.15. The van der Waals surface area contributed by atoms with E-state index in [9.17, 15) is 13.2 Å². The van der Waals surface area contributed by atoms with Crippen LogP contribution in [0.5, 0.6) is 0 Å². The van der Waals surface area contributed by atoms with Gasteiger partial charge in [-0.1, -0.05) is 18.2 Å². The molecule has 1 N–H and O–H groups in total. The number of esters is 1. The number of H-pyrrole nitrogens is 1. The van der Waals surface area contributed by atoms with Gasteiger partial charge in [-0.2, -0.15) is 13.5 Å². The molecule has 1 aromatic heterocycles. The normalized spacial score (nSPS) is 14.0. The van der Waals surface area contributed by atoms with Crippen LogP contribution < -0.4 is 4.31 Å². The summed E-state index contributed by atoms with van der Waals surface area (Å²) < 4.78 is 31.5. The minimum atomic E-state index is -3.77. The number of fused-ring (bicyclic) bond motifs is 1. The summed E-state index contributed by atoms with van der Waals surface area (Å²) in [5, 5.41) is 6.02. The van der Waals surface area contributed by atoms with Gasteiger partial charge >= 0.3 is 5.97 Å². The molecule has 3 rings (SSSR count). The molecular formula is C14H15N3O4S. The van der Waals surface area contributed by atoms with Gasteiger partial charge in [0.1, 0.15) is 0 Å². The maximum absolute atomic E-state index is 12.7. The molecule has 116 valence electrons. The van der Waals surface area contributed by atoms with E-state index in [2.05, 4.69) is 10.2 Å². The number of anilines is 1. The lowest BCUT2D eigenvalue weighted by Gasteiger charge is -2.17. The standard InChI is InChI=1S/C14H15N3O4S/c1-2-21-14(18)11-9-13(16-15-11)22(19,20)17-8-7-10-5-3-4-6-12(10)17/h3-6,9H,2,7-8H2,1H3,(H,15,16). The largest absolute Gasteiger partial charge is 0.461 e. The summed E-state index contributed by atoms with van der Waals surface area (Å²) in [5.41, 5.74) is 1.60. The Kier molecular flexibility index (Phi) is 3.61. The van der Waals surface area contributed by atoms with Crippen molar-refractivity contribution in [3.63, 3.8) is 0 Å². The number of carbonyl (C=O) groups is 1. The summed E-state index contributed by atoms with van der Waals surface area (Å²) in [6.45, 7) is 2.24. The minimum absolute atomic E-state index is 0.0482. The highest BCUT2D eigenvalue weighted by atomic mass is 32.2. The molecule has 0 aliphatic carbocycles. The number of rotatable bonds is 4. The smallest absolute Gasteiger partial charge is 0.358 e. The summed E-state index contributed by atoms with van der Waals surface area (Å²) in [6, 6.07) is 8.55. The van der Waals surface area contributed by atoms with Crippen LogP contribution in [-0.4, -0.2) is 37.7 Å². The highest BCUT2D eigenvalue weighted by molar-refractivity contribution is 7.92. The molecule has 0 unspecified atom stereocenters. The number of carbonyl (C=O) groups excluding carboxylic acids is 1. The lowest BCUT2D eigenvalue weighted by molar-refractivity contribution is 0.0519. The van der Waals surface area contributed by atoms with Crippen molar-refractivity contribution in [3.05, 3.63) is 41.6 Å². The number of para-hydroxylation sites is 1. The van der Waals surface area contributed by atoms with Gasteiger partial charge in [0.15, 0.2) is 10.7 Å². The maximum atomic E-state index is 12.7. The van der Waals surface area contributed by atoms with Gasteiger partial charge in [-0.05, 0) is 25.0 Å². The molecule has 0 bridgehead atoms. The zero-order chi connectivity index (χ0) is 15.7. The first-order valence-corrected chi connectivity index (χ1v) is 8.31. The van der Waals surface area contributed by atoms with Crippen molar-refractivity contribution >= 4 is 21.7 Å². The van der Waals surface area contributed by atoms with Gasteiger partial charge < -0.3 is 4.74 Å². The Morgan fingerprint density at radius 1 is 1.41 bits per heavy atom. The van der Waals surface area contributed by atoms with Gasteiger partial charge in [-0.3, -0.25) is 9.40 Å². The Balaban J connectivity index is 1.93. The van der Waals surface area contributed by atoms with Gasteiger partial charge in [0.05, 0.1) is 12.3 Å². The Bertz CT molecular complexity index is 813. The third-order valence-corrected chi connectivity index (χ3v) is 5.18. The third kappa shape index (κ3) is 2.35. The van der Waals surface area contributed by atoms with E-state index in [1.54, 1.807) is 19.1 Å². The lowest BCUT2D eigenvalue weighted by atomic mass is 10.2. The van der Waals surface area contributed by atoms with Crippen LogP contribution >= 0.6 is 0 Å². The van der Waals surface area contributed by atoms with E-state index in [-0.39, 0.29) is 17.3 Å². The molecule has 8 heteroatoms. The molecule has 2 heterocycles. The average molecular weight is 321 g/mol. The van der Waals surface area contributed by atoms with Crippen LogP contribution in [0.2, 0.25) is 0 Å². The van der Waals surface area contributed by atoms with E-state index in [1.165, 1.54) is 10.4 Å². The van der Waals surface area contributed by atoms with Crippen molar-refractivity contribution < 1.29 is 17.9 Å². The van der Waals surface area contributed by atoms with Crippen molar-refractivity contribution in [1.82, 2.24) is 10.2 Å². The second-order valence-electron chi connectivity index (χ2n) is 4.79. The number of nitrogens with zero attached hydrogens (tertiary/aromatic N) is 2. The van der Waals surface area contributed by atoms with Gasteiger partial charge in [-0.15, -0.1) is 0 Å². The molecule has 0 amide bonds. The van der Waals surface area contributed by atoms with E-state index in [0.29, 0.717) is 18.7 Å². The van der Waals surface area contributed by atoms with E-state index in [1.807, 2.05) is 12.1 Å². The number of benzene rings is 1. The molecule has 1 aliphatic rings. The van der Waals surface area contributed by atoms with Crippen LogP contribution in [0.4, 0.5) is 5.69 Å². The number of hydrogen-bond donors (Lipinski definition) is 1. The molecule has 2 aromatic rings. The number of sulfonamides is 1. The SMILES string of the molecule is CCOC(=O)c1cc(S(=O)(=O)N2CCc3ccccc32)[nH]n1. The highest BCUT2D eigenvalue weighted by Gasteiger charge is 2.32. The summed E-state index contributed by atoms with van der Waals surface area (Å²) in [7, 11) is -3.77. The number of aromatic amines is 1. The fourth-order valence-electron chi connectivity index (χ4n) is 2.42. The molecule has 7 nitrogen and oxygen atoms in total. The molecule has 1 aromatic carbocycles. The highest BCUT2D eigenvalue weighted by Crippen LogP contribution is 2.32. The number of nitrogens with one attached hydrogen (secondary N) is 1. The Hall–Kier alpha value is -2.35. The topological polar surface area (TPSA) is 92.4 Å². The van der Waals surface area contributed by atoms with Crippen LogP contribution in [0.3, 0.4) is 0 Å². The predicted octanol–water partition coefficient (Wildman–Crippen LogP) is 1.34. The fraction of sp³-hybridized carbons (Fsp3) is 0.286. The molecule has 0 saturated heterocycles. The third-order valence-electron chi connectivity index (χ3n) is 3.45. The van der Waals surface area contributed by atoms with Gasteiger partial charge in [0, 0.05) is 12.6 Å². The van der Waals surface area contributed by atoms with Crippen LogP contribution in [0.15, 0.2) is 35.4 Å². The van der Waals surface area contributed by atoms with Crippen molar-refractivity contribution in [3.8, 4) is 0 Å². The second kappa shape index (κ2) is 5.45. The number of aromatic nitrogens is 2. The Morgan fingerprint density at radius 2 is 2.18 bits per heavy atom. The molecule has 0 saturated carbocycles. The summed E-state index contributed by atoms with van der Waals surface area (Å²) >= 11 is 0. The first-order chi connectivity index (χ1) is 10.5. The molecule has 0 radical (unpaired) electrons. The molecule has 22 heavy (non-hydrogen) atoms. The summed E-state index contributed by atoms with van der Waals surface area (Å²) in [5.74, 6) is -0.651. The fourth-order valence-corrected chi connectivity index (χ4v) is 3.85. The maximum Gasteiger partial charge on any atom is 0.358 e. The minimum Gasteiger partial charge on any atom is -0.461 e. The quantitative estimate of drug-likeness (QED) is 0.858. The van der Waals surface area contributed by atoms with E-state index >= 15 is 0 Å². The van der Waals surface area contributed by atoms with Gasteiger partial charge in [0.2, 0.25) is 0 Å². The summed E-state index contributed by atoms with van der Waals surface area (Å²) in [4.78, 5) is 11.6. The molecule has 0 atom stereocenters. The first kappa shape index (κ1) is 14.6. The first-order valence-electron chi connectivity index (χ1n) is 6.87. The Morgan fingerprint density at radius 3 is 2.95 bits per heavy atom. The zero-order valence-corrected chi connectivity index (χ0v) is 12.8. The van der Waals surface area contributed by atoms with Gasteiger partial charge in [0.25, 0.3) is 10.0 Å². The van der Waals surface area contributed by atoms with Crippen LogP contribution in [0.1, 0.15) is 23.0 Å². The van der Waals surface area contributed by atoms with Crippen LogP contribution in [-0.2, 0) is 21.2 Å². The van der Waals surface area contributed by atoms with E-state index in [0.717, 1.165) is 5.56 Å². The number of ether oxygens (including phenoxy) is 1. The molecule has 0 spiro atoms. The van der Waals surface area contributed by atoms with E-state index < -0.39 is 16.0 Å². The molecule has 1 aliphatic heterocycles. The van der Waals surface area contributed by atoms with Crippen molar-refractivity contribution in [2.45, 2.75) is 18.4 Å². The zero-order valence-electron chi connectivity index (χ0n) is 11.9. The monoisotopic (exact) mass is 321 g/mol. The number of hydrogen-bond acceptors (Lipinski definition) is 5. The Labute approximate surface area is 128 Å². The van der Waals surface area contributed by atoms with Crippen molar-refractivity contribution in [1.29, 1.82) is 0 Å². The van der Waals surface area contributed by atoms with Gasteiger partial charge in [-0.25, -0.2) is 4.79 Å². The van der Waals surface area contributed by atoms with Crippen LogP contribution in [0.25, 0.3) is 0 Å². The molecule has 0 fully saturated rings. The van der Waals surface area contributed by atoms with E-state index in [4.69, 9.17) is 4.74 Å². The second-order valence-corrected chi connectivity index (χ2v) is 6.62. The predicted molar refractivity (Wildman–Crippen MR) is 79.2 cm³/mol. The lowest BCUT2D eigenvalue weighted by Crippen LogP contribution is -2.29. The van der Waals surface area contributed by atoms with Crippen molar-refractivity contribution in [2.75, 3.05) is 17.5 Å². The summed E-state index contributed by atoms with van der Waals surface area (Å²) in [6.07, 6.45) is 0.661. The van der Waals surface area contributed by atoms with Crippen LogP contribution in [0, 0.1) is 0 Å². The molecular weight excluding hydrogens is 306 g/mol.